The van der Waals surface area contributed by atoms with Crippen LogP contribution in [0.5, 0.6) is 5.75 Å². The topological polar surface area (TPSA) is 35.2 Å². The number of hydrogen-bond acceptors (Lipinski definition) is 2. The van der Waals surface area contributed by atoms with Crippen molar-refractivity contribution < 1.29 is 4.74 Å². The number of fused-ring (bicyclic) bond motifs is 1. The van der Waals surface area contributed by atoms with Crippen molar-refractivity contribution in [1.29, 1.82) is 0 Å². The van der Waals surface area contributed by atoms with E-state index in [2.05, 4.69) is 17.9 Å². The molecule has 2 N–H and O–H groups in total. The molecule has 0 spiro atoms. The van der Waals surface area contributed by atoms with Gasteiger partial charge >= 0.3 is 0 Å². The maximum Gasteiger partial charge on any atom is 0.138 e. The Morgan fingerprint density at radius 1 is 1.43 bits per heavy atom. The highest BCUT2D eigenvalue weighted by molar-refractivity contribution is 5.51. The Morgan fingerprint density at radius 3 is 3.21 bits per heavy atom. The van der Waals surface area contributed by atoms with Crippen LogP contribution in [-0.4, -0.2) is 13.2 Å². The van der Waals surface area contributed by atoms with Gasteiger partial charge in [-0.3, -0.25) is 0 Å². The summed E-state index contributed by atoms with van der Waals surface area (Å²) in [6.07, 6.45) is 2.19. The van der Waals surface area contributed by atoms with Crippen LogP contribution in [0.25, 0.3) is 0 Å². The maximum absolute atomic E-state index is 5.61. The fourth-order valence-electron chi connectivity index (χ4n) is 1.63. The molecule has 0 fully saturated rings. The maximum atomic E-state index is 5.61. The highest BCUT2D eigenvalue weighted by atomic mass is 16.5. The van der Waals surface area contributed by atoms with E-state index in [1.165, 1.54) is 5.56 Å². The third-order valence-corrected chi connectivity index (χ3v) is 2.26. The Labute approximate surface area is 84.1 Å². The molecule has 0 aromatic heterocycles. The number of para-hydroxylation sites is 1. The molecule has 0 saturated heterocycles. The second-order valence-corrected chi connectivity index (χ2v) is 3.25. The quantitative estimate of drug-likeness (QED) is 0.622. The highest BCUT2D eigenvalue weighted by Crippen LogP contribution is 2.27. The third-order valence-electron chi connectivity index (χ3n) is 2.26. The Hall–Kier alpha value is -1.46. The molecule has 72 valence electrons. The second-order valence-electron chi connectivity index (χ2n) is 3.25. The van der Waals surface area contributed by atoms with Crippen molar-refractivity contribution in [2.24, 2.45) is 5.73 Å². The number of rotatable bonds is 0. The molecule has 1 aliphatic rings. The number of ether oxygens (including phenoxy) is 1. The lowest BCUT2D eigenvalue weighted by atomic mass is 10.0. The van der Waals surface area contributed by atoms with Crippen LogP contribution < -0.4 is 10.5 Å². The van der Waals surface area contributed by atoms with Crippen LogP contribution in [-0.2, 0) is 6.42 Å². The minimum atomic E-state index is 0.393. The lowest BCUT2D eigenvalue weighted by molar-refractivity contribution is 0.287. The van der Waals surface area contributed by atoms with E-state index in [1.54, 1.807) is 0 Å². The van der Waals surface area contributed by atoms with E-state index in [0.29, 0.717) is 6.54 Å². The van der Waals surface area contributed by atoms with Crippen molar-refractivity contribution >= 4 is 0 Å². The Bertz CT molecular complexity index is 387. The molecule has 14 heavy (non-hydrogen) atoms. The van der Waals surface area contributed by atoms with E-state index in [-0.39, 0.29) is 0 Å². The average Bonchev–Trinajstić information content (AvgIpc) is 2.26. The standard InChI is InChI=1S/C12H13NO/c13-8-2-6-10-4-1-5-11-7-3-9-14-12(10)11/h1,4-5H,3,7-9,13H2. The van der Waals surface area contributed by atoms with Gasteiger partial charge < -0.3 is 10.5 Å². The second kappa shape index (κ2) is 4.17. The first kappa shape index (κ1) is 9.11. The number of aryl methyl sites for hydroxylation is 1. The van der Waals surface area contributed by atoms with E-state index in [4.69, 9.17) is 10.5 Å². The van der Waals surface area contributed by atoms with Gasteiger partial charge in [-0.05, 0) is 24.5 Å². The fraction of sp³-hybridized carbons (Fsp3) is 0.333. The molecule has 1 aromatic carbocycles. The summed E-state index contributed by atoms with van der Waals surface area (Å²) in [6, 6.07) is 6.10. The van der Waals surface area contributed by atoms with Gasteiger partial charge in [-0.2, -0.15) is 0 Å². The Morgan fingerprint density at radius 2 is 2.36 bits per heavy atom. The molecule has 2 nitrogen and oxygen atoms in total. The molecule has 1 aromatic rings. The van der Waals surface area contributed by atoms with Crippen LogP contribution in [0.15, 0.2) is 18.2 Å². The Kier molecular flexibility index (Phi) is 2.71. The van der Waals surface area contributed by atoms with Crippen LogP contribution in [0.2, 0.25) is 0 Å². The van der Waals surface area contributed by atoms with Gasteiger partial charge in [0.15, 0.2) is 0 Å². The van der Waals surface area contributed by atoms with Crippen LogP contribution in [0.3, 0.4) is 0 Å². The average molecular weight is 187 g/mol. The van der Waals surface area contributed by atoms with Crippen LogP contribution in [0.4, 0.5) is 0 Å². The summed E-state index contributed by atoms with van der Waals surface area (Å²) in [5.41, 5.74) is 7.57. The SMILES string of the molecule is NCC#Cc1cccc2c1OCCC2. The predicted octanol–water partition coefficient (Wildman–Crippen LogP) is 1.32. The number of hydrogen-bond donors (Lipinski definition) is 1. The molecule has 0 unspecified atom stereocenters. The van der Waals surface area contributed by atoms with Crippen molar-refractivity contribution in [3.8, 4) is 17.6 Å². The summed E-state index contributed by atoms with van der Waals surface area (Å²) in [7, 11) is 0. The monoisotopic (exact) mass is 187 g/mol. The van der Waals surface area contributed by atoms with Crippen molar-refractivity contribution in [2.45, 2.75) is 12.8 Å². The summed E-state index contributed by atoms with van der Waals surface area (Å²) >= 11 is 0. The molecule has 0 radical (unpaired) electrons. The molecule has 1 heterocycles. The molecule has 1 aliphatic heterocycles. The molecular weight excluding hydrogens is 174 g/mol. The van der Waals surface area contributed by atoms with Gasteiger partial charge in [-0.15, -0.1) is 0 Å². The zero-order valence-corrected chi connectivity index (χ0v) is 8.05. The first-order chi connectivity index (χ1) is 6.92. The lowest BCUT2D eigenvalue weighted by Crippen LogP contribution is -2.09. The predicted molar refractivity (Wildman–Crippen MR) is 56.2 cm³/mol. The highest BCUT2D eigenvalue weighted by Gasteiger charge is 2.12. The van der Waals surface area contributed by atoms with Crippen LogP contribution >= 0.6 is 0 Å². The van der Waals surface area contributed by atoms with Gasteiger partial charge in [0, 0.05) is 0 Å². The molecular formula is C12H13NO. The summed E-state index contributed by atoms with van der Waals surface area (Å²) in [6.45, 7) is 1.19. The minimum Gasteiger partial charge on any atom is -0.492 e. The van der Waals surface area contributed by atoms with Gasteiger partial charge in [-0.1, -0.05) is 24.0 Å². The van der Waals surface area contributed by atoms with Gasteiger partial charge in [-0.25, -0.2) is 0 Å². The van der Waals surface area contributed by atoms with Gasteiger partial charge in [0.2, 0.25) is 0 Å². The summed E-state index contributed by atoms with van der Waals surface area (Å²) in [5.74, 6) is 6.84. The van der Waals surface area contributed by atoms with Crippen molar-refractivity contribution in [2.75, 3.05) is 13.2 Å². The molecule has 2 rings (SSSR count). The molecule has 0 bridgehead atoms. The van der Waals surface area contributed by atoms with Crippen molar-refractivity contribution in [3.63, 3.8) is 0 Å². The van der Waals surface area contributed by atoms with E-state index in [0.717, 1.165) is 30.8 Å². The zero-order valence-electron chi connectivity index (χ0n) is 8.05. The van der Waals surface area contributed by atoms with Gasteiger partial charge in [0.05, 0.1) is 18.7 Å². The minimum absolute atomic E-state index is 0.393. The van der Waals surface area contributed by atoms with E-state index in [9.17, 15) is 0 Å². The molecule has 2 heteroatoms. The fourth-order valence-corrected chi connectivity index (χ4v) is 1.63. The molecule has 0 saturated carbocycles. The number of nitrogens with two attached hydrogens (primary N) is 1. The summed E-state index contributed by atoms with van der Waals surface area (Å²) in [4.78, 5) is 0. The first-order valence-corrected chi connectivity index (χ1v) is 4.85. The third kappa shape index (κ3) is 1.73. The van der Waals surface area contributed by atoms with E-state index < -0.39 is 0 Å². The summed E-state index contributed by atoms with van der Waals surface area (Å²) in [5, 5.41) is 0. The number of benzene rings is 1. The van der Waals surface area contributed by atoms with Crippen LogP contribution in [0.1, 0.15) is 17.5 Å². The smallest absolute Gasteiger partial charge is 0.138 e. The Balaban J connectivity index is 2.40. The van der Waals surface area contributed by atoms with E-state index in [1.807, 2.05) is 12.1 Å². The lowest BCUT2D eigenvalue weighted by Gasteiger charge is -2.18. The van der Waals surface area contributed by atoms with E-state index >= 15 is 0 Å². The molecule has 0 aliphatic carbocycles. The first-order valence-electron chi connectivity index (χ1n) is 4.85. The molecule has 0 atom stereocenters. The zero-order chi connectivity index (χ0) is 9.80. The van der Waals surface area contributed by atoms with Gasteiger partial charge in [0.25, 0.3) is 0 Å². The normalized spacial score (nSPS) is 13.5. The largest absolute Gasteiger partial charge is 0.492 e. The van der Waals surface area contributed by atoms with Gasteiger partial charge in [0.1, 0.15) is 5.75 Å². The van der Waals surface area contributed by atoms with Crippen molar-refractivity contribution in [3.05, 3.63) is 29.3 Å². The summed E-state index contributed by atoms with van der Waals surface area (Å²) < 4.78 is 5.61. The van der Waals surface area contributed by atoms with Crippen molar-refractivity contribution in [1.82, 2.24) is 0 Å². The molecule has 0 amide bonds. The van der Waals surface area contributed by atoms with Crippen LogP contribution in [0, 0.1) is 11.8 Å².